The fourth-order valence-corrected chi connectivity index (χ4v) is 3.04. The number of hydrogen-bond donors (Lipinski definition) is 0. The summed E-state index contributed by atoms with van der Waals surface area (Å²) in [4.78, 5) is 2.30. The topological polar surface area (TPSA) is 3.24 Å². The van der Waals surface area contributed by atoms with Gasteiger partial charge in [-0.15, -0.1) is 0 Å². The summed E-state index contributed by atoms with van der Waals surface area (Å²) in [6.45, 7) is 11.4. The van der Waals surface area contributed by atoms with Gasteiger partial charge in [0.15, 0.2) is 0 Å². The van der Waals surface area contributed by atoms with E-state index in [0.29, 0.717) is 12.0 Å². The quantitative estimate of drug-likeness (QED) is 0.698. The van der Waals surface area contributed by atoms with E-state index in [1.165, 1.54) is 16.8 Å². The third-order valence-corrected chi connectivity index (χ3v) is 4.41. The molecular weight excluding hydrogens is 266 g/mol. The first kappa shape index (κ1) is 16.6. The van der Waals surface area contributed by atoms with E-state index in [4.69, 9.17) is 0 Å². The number of hydrogen-bond acceptors (Lipinski definition) is 1. The van der Waals surface area contributed by atoms with E-state index in [0.717, 1.165) is 0 Å². The fraction of sp³-hybridized carbons (Fsp3) is 0.429. The molecule has 2 aromatic carbocycles. The SMILES string of the molecule is CC(C)N(C)c1ccc(C(c2ccccc2)C(C)(C)C)cc1. The maximum Gasteiger partial charge on any atom is 0.0366 e. The minimum absolute atomic E-state index is 0.187. The predicted molar refractivity (Wildman–Crippen MR) is 97.7 cm³/mol. The smallest absolute Gasteiger partial charge is 0.0366 e. The van der Waals surface area contributed by atoms with Crippen LogP contribution in [-0.2, 0) is 0 Å². The highest BCUT2D eigenvalue weighted by molar-refractivity contribution is 5.49. The minimum atomic E-state index is 0.187. The molecule has 0 fully saturated rings. The molecule has 1 unspecified atom stereocenters. The highest BCUT2D eigenvalue weighted by Gasteiger charge is 2.27. The van der Waals surface area contributed by atoms with Crippen molar-refractivity contribution in [3.8, 4) is 0 Å². The van der Waals surface area contributed by atoms with Gasteiger partial charge in [0, 0.05) is 24.7 Å². The molecule has 2 rings (SSSR count). The Labute approximate surface area is 136 Å². The maximum atomic E-state index is 2.32. The third-order valence-electron chi connectivity index (χ3n) is 4.41. The number of nitrogens with zero attached hydrogens (tertiary/aromatic N) is 1. The number of benzene rings is 2. The van der Waals surface area contributed by atoms with Crippen LogP contribution >= 0.6 is 0 Å². The van der Waals surface area contributed by atoms with Crippen LogP contribution in [0.15, 0.2) is 54.6 Å². The molecule has 0 aliphatic rings. The van der Waals surface area contributed by atoms with Crippen LogP contribution in [-0.4, -0.2) is 13.1 Å². The molecular formula is C21H29N. The Balaban J connectivity index is 2.38. The maximum absolute atomic E-state index is 2.32. The van der Waals surface area contributed by atoms with Crippen LogP contribution in [0.5, 0.6) is 0 Å². The molecule has 0 saturated carbocycles. The largest absolute Gasteiger partial charge is 0.372 e. The Morgan fingerprint density at radius 1 is 0.773 bits per heavy atom. The monoisotopic (exact) mass is 295 g/mol. The van der Waals surface area contributed by atoms with Crippen LogP contribution < -0.4 is 4.90 Å². The summed E-state index contributed by atoms with van der Waals surface area (Å²) >= 11 is 0. The standard InChI is InChI=1S/C21H29N/c1-16(2)22(6)19-14-12-18(13-15-19)20(21(3,4)5)17-10-8-7-9-11-17/h7-16,20H,1-6H3. The summed E-state index contributed by atoms with van der Waals surface area (Å²) in [6, 6.07) is 20.4. The van der Waals surface area contributed by atoms with Crippen molar-refractivity contribution in [3.63, 3.8) is 0 Å². The molecule has 1 nitrogen and oxygen atoms in total. The first-order valence-corrected chi connectivity index (χ1v) is 8.18. The molecule has 0 saturated heterocycles. The molecule has 0 N–H and O–H groups in total. The lowest BCUT2D eigenvalue weighted by atomic mass is 9.72. The average Bonchev–Trinajstić information content (AvgIpc) is 2.47. The predicted octanol–water partition coefficient (Wildman–Crippen LogP) is 5.71. The van der Waals surface area contributed by atoms with Gasteiger partial charge < -0.3 is 4.90 Å². The second kappa shape index (κ2) is 6.56. The van der Waals surface area contributed by atoms with E-state index in [1.54, 1.807) is 0 Å². The van der Waals surface area contributed by atoms with Gasteiger partial charge in [-0.05, 0) is 42.5 Å². The second-order valence-corrected chi connectivity index (χ2v) is 7.51. The Morgan fingerprint density at radius 3 is 1.73 bits per heavy atom. The lowest BCUT2D eigenvalue weighted by Gasteiger charge is -2.32. The van der Waals surface area contributed by atoms with Crippen LogP contribution in [0, 0.1) is 5.41 Å². The van der Waals surface area contributed by atoms with Gasteiger partial charge in [-0.2, -0.15) is 0 Å². The summed E-state index contributed by atoms with van der Waals surface area (Å²) in [5, 5.41) is 0. The second-order valence-electron chi connectivity index (χ2n) is 7.51. The first-order valence-electron chi connectivity index (χ1n) is 8.18. The molecule has 0 radical (unpaired) electrons. The zero-order valence-electron chi connectivity index (χ0n) is 14.8. The lowest BCUT2D eigenvalue weighted by molar-refractivity contribution is 0.358. The fourth-order valence-electron chi connectivity index (χ4n) is 3.04. The molecule has 0 amide bonds. The number of anilines is 1. The van der Waals surface area contributed by atoms with Crippen LogP contribution in [0.3, 0.4) is 0 Å². The van der Waals surface area contributed by atoms with Gasteiger partial charge in [0.05, 0.1) is 0 Å². The van der Waals surface area contributed by atoms with Crippen LogP contribution in [0.25, 0.3) is 0 Å². The molecule has 0 heterocycles. The van der Waals surface area contributed by atoms with E-state index in [9.17, 15) is 0 Å². The van der Waals surface area contributed by atoms with Crippen molar-refractivity contribution in [3.05, 3.63) is 65.7 Å². The summed E-state index contributed by atoms with van der Waals surface area (Å²) in [7, 11) is 2.15. The normalized spacial score (nSPS) is 13.2. The van der Waals surface area contributed by atoms with Gasteiger partial charge in [0.1, 0.15) is 0 Å². The highest BCUT2D eigenvalue weighted by Crippen LogP contribution is 2.40. The summed E-state index contributed by atoms with van der Waals surface area (Å²) < 4.78 is 0. The highest BCUT2D eigenvalue weighted by atomic mass is 15.1. The Hall–Kier alpha value is -1.76. The van der Waals surface area contributed by atoms with Crippen molar-refractivity contribution >= 4 is 5.69 Å². The van der Waals surface area contributed by atoms with Crippen molar-refractivity contribution in [1.82, 2.24) is 0 Å². The Kier molecular flexibility index (Phi) is 4.95. The van der Waals surface area contributed by atoms with Gasteiger partial charge in [-0.25, -0.2) is 0 Å². The summed E-state index contributed by atoms with van der Waals surface area (Å²) in [6.07, 6.45) is 0. The van der Waals surface area contributed by atoms with Crippen molar-refractivity contribution in [2.45, 2.75) is 46.6 Å². The molecule has 118 valence electrons. The molecule has 1 atom stereocenters. The van der Waals surface area contributed by atoms with Crippen molar-refractivity contribution < 1.29 is 0 Å². The number of rotatable bonds is 4. The van der Waals surface area contributed by atoms with Crippen LogP contribution in [0.2, 0.25) is 0 Å². The van der Waals surface area contributed by atoms with E-state index in [2.05, 4.69) is 101 Å². The van der Waals surface area contributed by atoms with Crippen LogP contribution in [0.4, 0.5) is 5.69 Å². The van der Waals surface area contributed by atoms with E-state index in [-0.39, 0.29) is 5.41 Å². The molecule has 0 aliphatic carbocycles. The van der Waals surface area contributed by atoms with Crippen molar-refractivity contribution in [2.24, 2.45) is 5.41 Å². The third kappa shape index (κ3) is 3.71. The van der Waals surface area contributed by atoms with E-state index in [1.807, 2.05) is 0 Å². The Morgan fingerprint density at radius 2 is 1.27 bits per heavy atom. The molecule has 22 heavy (non-hydrogen) atoms. The lowest BCUT2D eigenvalue weighted by Crippen LogP contribution is -2.25. The molecule has 2 aromatic rings. The molecule has 0 aromatic heterocycles. The molecule has 0 spiro atoms. The van der Waals surface area contributed by atoms with E-state index >= 15 is 0 Å². The van der Waals surface area contributed by atoms with E-state index < -0.39 is 0 Å². The average molecular weight is 295 g/mol. The molecule has 1 heteroatoms. The first-order chi connectivity index (χ1) is 10.3. The van der Waals surface area contributed by atoms with Gasteiger partial charge >= 0.3 is 0 Å². The Bertz CT molecular complexity index is 576. The summed E-state index contributed by atoms with van der Waals surface area (Å²) in [5.41, 5.74) is 4.24. The molecule has 0 bridgehead atoms. The van der Waals surface area contributed by atoms with Gasteiger partial charge in [0.2, 0.25) is 0 Å². The zero-order valence-corrected chi connectivity index (χ0v) is 14.8. The minimum Gasteiger partial charge on any atom is -0.372 e. The van der Waals surface area contributed by atoms with Gasteiger partial charge in [0.25, 0.3) is 0 Å². The van der Waals surface area contributed by atoms with Gasteiger partial charge in [-0.1, -0.05) is 63.2 Å². The summed E-state index contributed by atoms with van der Waals surface area (Å²) in [5.74, 6) is 0.409. The van der Waals surface area contributed by atoms with Crippen molar-refractivity contribution in [2.75, 3.05) is 11.9 Å². The van der Waals surface area contributed by atoms with Crippen molar-refractivity contribution in [1.29, 1.82) is 0 Å². The zero-order chi connectivity index (χ0) is 16.3. The van der Waals surface area contributed by atoms with Gasteiger partial charge in [-0.3, -0.25) is 0 Å². The molecule has 0 aliphatic heterocycles. The van der Waals surface area contributed by atoms with Crippen LogP contribution in [0.1, 0.15) is 51.7 Å².